The Morgan fingerprint density at radius 1 is 1.72 bits per heavy atom. The molecule has 1 saturated heterocycles. The summed E-state index contributed by atoms with van der Waals surface area (Å²) in [6.45, 7) is 5.20. The molecule has 0 saturated carbocycles. The molecule has 96 valence electrons. The average Bonchev–Trinajstić information content (AvgIpc) is 2.78. The molecule has 1 aliphatic rings. The van der Waals surface area contributed by atoms with Gasteiger partial charge in [0.1, 0.15) is 0 Å². The first-order valence-corrected chi connectivity index (χ1v) is 6.23. The van der Waals surface area contributed by atoms with Crippen molar-refractivity contribution in [3.8, 4) is 0 Å². The Labute approximate surface area is 108 Å². The molecule has 1 amide bonds. The van der Waals surface area contributed by atoms with E-state index in [0.717, 1.165) is 13.0 Å². The quantitative estimate of drug-likeness (QED) is 0.815. The first-order chi connectivity index (χ1) is 8.72. The van der Waals surface area contributed by atoms with Gasteiger partial charge in [-0.1, -0.05) is 12.6 Å². The summed E-state index contributed by atoms with van der Waals surface area (Å²) in [5.41, 5.74) is 1.22. The Hall–Kier alpha value is -1.68. The van der Waals surface area contributed by atoms with E-state index in [2.05, 4.69) is 34.9 Å². The molecule has 1 fully saturated rings. The summed E-state index contributed by atoms with van der Waals surface area (Å²) < 4.78 is 0. The van der Waals surface area contributed by atoms with Crippen molar-refractivity contribution >= 4 is 5.91 Å². The summed E-state index contributed by atoms with van der Waals surface area (Å²) in [6, 6.07) is 4.40. The Bertz CT molecular complexity index is 418. The van der Waals surface area contributed by atoms with Gasteiger partial charge in [-0.15, -0.1) is 0 Å². The van der Waals surface area contributed by atoms with Gasteiger partial charge in [0.25, 0.3) is 0 Å². The third kappa shape index (κ3) is 2.76. The maximum absolute atomic E-state index is 11.2. The van der Waals surface area contributed by atoms with E-state index in [1.165, 1.54) is 11.6 Å². The third-order valence-corrected chi connectivity index (χ3v) is 3.52. The Morgan fingerprint density at radius 2 is 2.56 bits per heavy atom. The zero-order chi connectivity index (χ0) is 13.0. The van der Waals surface area contributed by atoms with Gasteiger partial charge in [0.05, 0.1) is 0 Å². The first-order valence-electron chi connectivity index (χ1n) is 6.23. The molecule has 1 N–H and O–H groups in total. The molecule has 1 aliphatic heterocycles. The molecule has 1 aromatic heterocycles. The normalized spacial score (nSPS) is 23.8. The number of hydrogen-bond donors (Lipinski definition) is 1. The SMILES string of the molecule is C=CC(=O)NC[C@@H]1CCN(C)[C@H]1c1cccnc1. The lowest BCUT2D eigenvalue weighted by Crippen LogP contribution is -2.31. The number of aromatic nitrogens is 1. The number of rotatable bonds is 4. The van der Waals surface area contributed by atoms with Crippen LogP contribution in [0.1, 0.15) is 18.0 Å². The summed E-state index contributed by atoms with van der Waals surface area (Å²) in [5.74, 6) is 0.331. The van der Waals surface area contributed by atoms with Crippen LogP contribution in [0.4, 0.5) is 0 Å². The van der Waals surface area contributed by atoms with Crippen LogP contribution in [0.25, 0.3) is 0 Å². The van der Waals surface area contributed by atoms with Gasteiger partial charge in [0.2, 0.25) is 5.91 Å². The van der Waals surface area contributed by atoms with E-state index >= 15 is 0 Å². The lowest BCUT2D eigenvalue weighted by Gasteiger charge is -2.25. The molecule has 4 nitrogen and oxygen atoms in total. The summed E-state index contributed by atoms with van der Waals surface area (Å²) in [4.78, 5) is 17.7. The molecule has 4 heteroatoms. The molecule has 2 rings (SSSR count). The van der Waals surface area contributed by atoms with Gasteiger partial charge in [-0.25, -0.2) is 0 Å². The number of carbonyl (C=O) groups excluding carboxylic acids is 1. The minimum absolute atomic E-state index is 0.102. The molecule has 0 radical (unpaired) electrons. The van der Waals surface area contributed by atoms with Crippen LogP contribution in [0, 0.1) is 5.92 Å². The fourth-order valence-corrected chi connectivity index (χ4v) is 2.62. The van der Waals surface area contributed by atoms with Crippen LogP contribution in [0.2, 0.25) is 0 Å². The molecular weight excluding hydrogens is 226 g/mol. The summed E-state index contributed by atoms with van der Waals surface area (Å²) >= 11 is 0. The fraction of sp³-hybridized carbons (Fsp3) is 0.429. The van der Waals surface area contributed by atoms with E-state index in [1.807, 2.05) is 12.3 Å². The molecule has 2 heterocycles. The van der Waals surface area contributed by atoms with Crippen LogP contribution in [0.5, 0.6) is 0 Å². The highest BCUT2D eigenvalue weighted by atomic mass is 16.1. The molecule has 0 unspecified atom stereocenters. The second-order valence-electron chi connectivity index (χ2n) is 4.71. The largest absolute Gasteiger partial charge is 0.352 e. The van der Waals surface area contributed by atoms with Crippen molar-refractivity contribution in [1.82, 2.24) is 15.2 Å². The first kappa shape index (κ1) is 12.8. The molecule has 2 atom stereocenters. The van der Waals surface area contributed by atoms with Crippen molar-refractivity contribution in [3.63, 3.8) is 0 Å². The monoisotopic (exact) mass is 245 g/mol. The molecule has 1 aromatic rings. The minimum Gasteiger partial charge on any atom is -0.352 e. The van der Waals surface area contributed by atoms with Crippen molar-refractivity contribution in [2.45, 2.75) is 12.5 Å². The Balaban J connectivity index is 2.06. The number of nitrogens with one attached hydrogen (secondary N) is 1. The number of hydrogen-bond acceptors (Lipinski definition) is 3. The van der Waals surface area contributed by atoms with Gasteiger partial charge in [0.15, 0.2) is 0 Å². The van der Waals surface area contributed by atoms with Gasteiger partial charge < -0.3 is 5.32 Å². The molecule has 18 heavy (non-hydrogen) atoms. The Morgan fingerprint density at radius 3 is 3.22 bits per heavy atom. The van der Waals surface area contributed by atoms with Crippen LogP contribution in [-0.4, -0.2) is 35.9 Å². The van der Waals surface area contributed by atoms with E-state index in [0.29, 0.717) is 18.5 Å². The number of pyridine rings is 1. The van der Waals surface area contributed by atoms with E-state index in [1.54, 1.807) is 6.20 Å². The standard InChI is InChI=1S/C14H19N3O/c1-3-13(18)16-10-12-6-8-17(2)14(12)11-5-4-7-15-9-11/h3-5,7,9,12,14H,1,6,8,10H2,2H3,(H,16,18)/t12-,14-/m0/s1. The maximum Gasteiger partial charge on any atom is 0.243 e. The van der Waals surface area contributed by atoms with Crippen LogP contribution in [-0.2, 0) is 4.79 Å². The molecule has 0 aliphatic carbocycles. The minimum atomic E-state index is -0.102. The van der Waals surface area contributed by atoms with Crippen molar-refractivity contribution in [2.75, 3.05) is 20.1 Å². The summed E-state index contributed by atoms with van der Waals surface area (Å²) in [7, 11) is 2.12. The number of nitrogens with zero attached hydrogens (tertiary/aromatic N) is 2. The number of likely N-dealkylation sites (tertiary alicyclic amines) is 1. The highest BCUT2D eigenvalue weighted by Gasteiger charge is 2.32. The predicted octanol–water partition coefficient (Wildman–Crippen LogP) is 1.38. The molecule has 0 bridgehead atoms. The predicted molar refractivity (Wildman–Crippen MR) is 70.9 cm³/mol. The zero-order valence-corrected chi connectivity index (χ0v) is 10.7. The smallest absolute Gasteiger partial charge is 0.243 e. The van der Waals surface area contributed by atoms with Crippen molar-refractivity contribution in [1.29, 1.82) is 0 Å². The topological polar surface area (TPSA) is 45.2 Å². The van der Waals surface area contributed by atoms with Crippen LogP contribution in [0.3, 0.4) is 0 Å². The van der Waals surface area contributed by atoms with Crippen LogP contribution < -0.4 is 5.32 Å². The van der Waals surface area contributed by atoms with Crippen LogP contribution >= 0.6 is 0 Å². The van der Waals surface area contributed by atoms with Crippen molar-refractivity contribution in [2.24, 2.45) is 5.92 Å². The Kier molecular flexibility index (Phi) is 4.10. The molecular formula is C14H19N3O. The third-order valence-electron chi connectivity index (χ3n) is 3.52. The summed E-state index contributed by atoms with van der Waals surface area (Å²) in [5, 5.41) is 2.89. The van der Waals surface area contributed by atoms with Gasteiger partial charge >= 0.3 is 0 Å². The van der Waals surface area contributed by atoms with E-state index in [4.69, 9.17) is 0 Å². The van der Waals surface area contributed by atoms with Crippen LogP contribution in [0.15, 0.2) is 37.2 Å². The lowest BCUT2D eigenvalue weighted by molar-refractivity contribution is -0.116. The summed E-state index contributed by atoms with van der Waals surface area (Å²) in [6.07, 6.45) is 6.10. The number of amides is 1. The fourth-order valence-electron chi connectivity index (χ4n) is 2.62. The van der Waals surface area contributed by atoms with Gasteiger partial charge in [-0.2, -0.15) is 0 Å². The maximum atomic E-state index is 11.2. The van der Waals surface area contributed by atoms with Gasteiger partial charge in [-0.3, -0.25) is 14.7 Å². The highest BCUT2D eigenvalue weighted by molar-refractivity contribution is 5.86. The lowest BCUT2D eigenvalue weighted by atomic mass is 9.95. The second-order valence-corrected chi connectivity index (χ2v) is 4.71. The van der Waals surface area contributed by atoms with E-state index < -0.39 is 0 Å². The second kappa shape index (κ2) is 5.78. The van der Waals surface area contributed by atoms with Gasteiger partial charge in [0, 0.05) is 25.0 Å². The zero-order valence-electron chi connectivity index (χ0n) is 10.7. The van der Waals surface area contributed by atoms with E-state index in [-0.39, 0.29) is 5.91 Å². The molecule has 0 aromatic carbocycles. The average molecular weight is 245 g/mol. The van der Waals surface area contributed by atoms with Crippen molar-refractivity contribution in [3.05, 3.63) is 42.7 Å². The van der Waals surface area contributed by atoms with Crippen molar-refractivity contribution < 1.29 is 4.79 Å². The highest BCUT2D eigenvalue weighted by Crippen LogP contribution is 2.35. The van der Waals surface area contributed by atoms with Gasteiger partial charge in [-0.05, 0) is 43.6 Å². The van der Waals surface area contributed by atoms with E-state index in [9.17, 15) is 4.79 Å². The number of carbonyl (C=O) groups is 1. The molecule has 0 spiro atoms.